The van der Waals surface area contributed by atoms with Crippen LogP contribution in [0.2, 0.25) is 0 Å². The maximum atomic E-state index is 13.6. The summed E-state index contributed by atoms with van der Waals surface area (Å²) < 4.78 is 13.9. The molecule has 94 valence electrons. The Balaban J connectivity index is 2.56. The molecule has 1 aromatic rings. The third kappa shape index (κ3) is 4.28. The van der Waals surface area contributed by atoms with Gasteiger partial charge in [0.2, 0.25) is 0 Å². The lowest BCUT2D eigenvalue weighted by molar-refractivity contribution is 0.0949. The zero-order valence-electron chi connectivity index (χ0n) is 9.47. The summed E-state index contributed by atoms with van der Waals surface area (Å²) in [6.07, 6.45) is 1.53. The van der Waals surface area contributed by atoms with Crippen LogP contribution in [0.4, 0.5) is 4.39 Å². The summed E-state index contributed by atoms with van der Waals surface area (Å²) in [6.45, 7) is 2.43. The Morgan fingerprint density at radius 2 is 2.29 bits per heavy atom. The van der Waals surface area contributed by atoms with Crippen molar-refractivity contribution in [1.82, 2.24) is 5.32 Å². The summed E-state index contributed by atoms with van der Waals surface area (Å²) in [4.78, 5) is 11.7. The van der Waals surface area contributed by atoms with E-state index in [-0.39, 0.29) is 15.4 Å². The van der Waals surface area contributed by atoms with Gasteiger partial charge in [0.25, 0.3) is 5.91 Å². The first kappa shape index (κ1) is 14.5. The van der Waals surface area contributed by atoms with Crippen molar-refractivity contribution in [2.45, 2.75) is 25.1 Å². The molecule has 0 heterocycles. The van der Waals surface area contributed by atoms with Gasteiger partial charge in [-0.05, 0) is 40.9 Å². The fourth-order valence-electron chi connectivity index (χ4n) is 1.32. The van der Waals surface area contributed by atoms with Gasteiger partial charge in [-0.25, -0.2) is 4.39 Å². The number of hydrogen-bond donors (Lipinski definition) is 1. The number of halogens is 3. The second-order valence-electron chi connectivity index (χ2n) is 3.65. The van der Waals surface area contributed by atoms with Crippen LogP contribution in [0.3, 0.4) is 0 Å². The predicted octanol–water partition coefficient (Wildman–Crippen LogP) is 3.73. The van der Waals surface area contributed by atoms with Gasteiger partial charge in [0, 0.05) is 11.9 Å². The van der Waals surface area contributed by atoms with Gasteiger partial charge in [-0.3, -0.25) is 4.79 Å². The molecule has 0 bridgehead atoms. The van der Waals surface area contributed by atoms with E-state index < -0.39 is 11.7 Å². The van der Waals surface area contributed by atoms with Crippen LogP contribution in [0.5, 0.6) is 0 Å². The number of carbonyl (C=O) groups excluding carboxylic acids is 1. The molecule has 1 atom stereocenters. The first-order valence-electron chi connectivity index (χ1n) is 5.42. The maximum Gasteiger partial charge on any atom is 0.254 e. The van der Waals surface area contributed by atoms with Crippen molar-refractivity contribution < 1.29 is 9.18 Å². The molecule has 0 saturated carbocycles. The van der Waals surface area contributed by atoms with E-state index in [1.807, 2.05) is 6.92 Å². The van der Waals surface area contributed by atoms with Crippen molar-refractivity contribution in [2.75, 3.05) is 6.54 Å². The van der Waals surface area contributed by atoms with E-state index in [0.29, 0.717) is 13.0 Å². The Bertz CT molecular complexity index is 400. The van der Waals surface area contributed by atoms with Crippen LogP contribution in [0, 0.1) is 5.82 Å². The van der Waals surface area contributed by atoms with Gasteiger partial charge in [0.15, 0.2) is 0 Å². The van der Waals surface area contributed by atoms with E-state index in [2.05, 4.69) is 21.2 Å². The highest BCUT2D eigenvalue weighted by atomic mass is 79.9. The van der Waals surface area contributed by atoms with Crippen LogP contribution >= 0.6 is 27.5 Å². The van der Waals surface area contributed by atoms with Crippen LogP contribution in [-0.4, -0.2) is 17.8 Å². The molecule has 1 rings (SSSR count). The normalized spacial score (nSPS) is 12.2. The zero-order valence-corrected chi connectivity index (χ0v) is 11.8. The van der Waals surface area contributed by atoms with Gasteiger partial charge in [-0.1, -0.05) is 13.0 Å². The largest absolute Gasteiger partial charge is 0.352 e. The Labute approximate surface area is 114 Å². The van der Waals surface area contributed by atoms with E-state index in [1.54, 1.807) is 12.1 Å². The number of nitrogens with one attached hydrogen (secondary N) is 1. The highest BCUT2D eigenvalue weighted by Gasteiger charge is 2.13. The van der Waals surface area contributed by atoms with Crippen LogP contribution in [0.25, 0.3) is 0 Å². The fraction of sp³-hybridized carbons (Fsp3) is 0.417. The Morgan fingerprint density at radius 1 is 1.59 bits per heavy atom. The van der Waals surface area contributed by atoms with Crippen molar-refractivity contribution in [1.29, 1.82) is 0 Å². The quantitative estimate of drug-likeness (QED) is 0.822. The van der Waals surface area contributed by atoms with Gasteiger partial charge in [0.05, 0.1) is 10.0 Å². The average molecular weight is 323 g/mol. The standard InChI is InChI=1S/C12H14BrClFNO/c1-2-8(14)6-7-16-12(17)9-4-3-5-10(13)11(9)15/h3-5,8H,2,6-7H2,1H3,(H,16,17). The van der Waals surface area contributed by atoms with Crippen LogP contribution in [0.1, 0.15) is 30.1 Å². The lowest BCUT2D eigenvalue weighted by Crippen LogP contribution is -2.26. The molecule has 0 saturated heterocycles. The van der Waals surface area contributed by atoms with E-state index in [9.17, 15) is 9.18 Å². The summed E-state index contributed by atoms with van der Waals surface area (Å²) in [6, 6.07) is 4.63. The third-order valence-corrected chi connectivity index (χ3v) is 3.52. The average Bonchev–Trinajstić information content (AvgIpc) is 2.32. The highest BCUT2D eigenvalue weighted by molar-refractivity contribution is 9.10. The van der Waals surface area contributed by atoms with Crippen LogP contribution < -0.4 is 5.32 Å². The van der Waals surface area contributed by atoms with Crippen molar-refractivity contribution >= 4 is 33.4 Å². The number of rotatable bonds is 5. The minimum absolute atomic E-state index is 0.0435. The number of carbonyl (C=O) groups is 1. The Morgan fingerprint density at radius 3 is 2.94 bits per heavy atom. The molecule has 0 aliphatic rings. The monoisotopic (exact) mass is 321 g/mol. The SMILES string of the molecule is CCC(Cl)CCNC(=O)c1cccc(Br)c1F. The second-order valence-corrected chi connectivity index (χ2v) is 5.12. The van der Waals surface area contributed by atoms with Crippen molar-refractivity contribution in [3.05, 3.63) is 34.1 Å². The van der Waals surface area contributed by atoms with Gasteiger partial charge >= 0.3 is 0 Å². The topological polar surface area (TPSA) is 29.1 Å². The van der Waals surface area contributed by atoms with Crippen LogP contribution in [-0.2, 0) is 0 Å². The first-order chi connectivity index (χ1) is 8.06. The van der Waals surface area contributed by atoms with Gasteiger partial charge in [-0.2, -0.15) is 0 Å². The summed E-state index contributed by atoms with van der Waals surface area (Å²) in [5.74, 6) is -0.952. The van der Waals surface area contributed by atoms with E-state index >= 15 is 0 Å². The molecule has 2 nitrogen and oxygen atoms in total. The van der Waals surface area contributed by atoms with Gasteiger partial charge in [0.1, 0.15) is 5.82 Å². The minimum atomic E-state index is -0.539. The first-order valence-corrected chi connectivity index (χ1v) is 6.65. The molecular formula is C12H14BrClFNO. The van der Waals surface area contributed by atoms with Gasteiger partial charge < -0.3 is 5.32 Å². The maximum absolute atomic E-state index is 13.6. The molecule has 1 amide bonds. The van der Waals surface area contributed by atoms with E-state index in [1.165, 1.54) is 6.07 Å². The molecule has 0 spiro atoms. The molecule has 1 unspecified atom stereocenters. The molecular weight excluding hydrogens is 308 g/mol. The summed E-state index contributed by atoms with van der Waals surface area (Å²) in [7, 11) is 0. The summed E-state index contributed by atoms with van der Waals surface area (Å²) >= 11 is 8.96. The number of benzene rings is 1. The lowest BCUT2D eigenvalue weighted by Gasteiger charge is -2.09. The molecule has 0 aromatic heterocycles. The number of hydrogen-bond acceptors (Lipinski definition) is 1. The van der Waals surface area contributed by atoms with Gasteiger partial charge in [-0.15, -0.1) is 11.6 Å². The summed E-state index contributed by atoms with van der Waals surface area (Å²) in [5, 5.41) is 2.69. The van der Waals surface area contributed by atoms with E-state index in [0.717, 1.165) is 6.42 Å². The molecule has 1 N–H and O–H groups in total. The third-order valence-electron chi connectivity index (χ3n) is 2.38. The zero-order chi connectivity index (χ0) is 12.8. The Kier molecular flexibility index (Phi) is 5.92. The molecule has 1 aromatic carbocycles. The molecule has 0 radical (unpaired) electrons. The molecule has 5 heteroatoms. The van der Waals surface area contributed by atoms with Crippen molar-refractivity contribution in [3.63, 3.8) is 0 Å². The minimum Gasteiger partial charge on any atom is -0.352 e. The van der Waals surface area contributed by atoms with E-state index in [4.69, 9.17) is 11.6 Å². The molecule has 0 aliphatic heterocycles. The van der Waals surface area contributed by atoms with Crippen molar-refractivity contribution in [2.24, 2.45) is 0 Å². The fourth-order valence-corrected chi connectivity index (χ4v) is 1.80. The second kappa shape index (κ2) is 6.97. The smallest absolute Gasteiger partial charge is 0.254 e. The molecule has 0 aliphatic carbocycles. The predicted molar refractivity (Wildman–Crippen MR) is 71.0 cm³/mol. The molecule has 0 fully saturated rings. The Hall–Kier alpha value is -0.610. The summed E-state index contributed by atoms with van der Waals surface area (Å²) in [5.41, 5.74) is 0.0435. The van der Waals surface area contributed by atoms with Crippen molar-refractivity contribution in [3.8, 4) is 0 Å². The highest BCUT2D eigenvalue weighted by Crippen LogP contribution is 2.18. The number of alkyl halides is 1. The van der Waals surface area contributed by atoms with Crippen LogP contribution in [0.15, 0.2) is 22.7 Å². The molecule has 17 heavy (non-hydrogen) atoms. The lowest BCUT2D eigenvalue weighted by atomic mass is 10.2. The number of amides is 1.